The van der Waals surface area contributed by atoms with Crippen molar-refractivity contribution < 1.29 is 13.6 Å². The van der Waals surface area contributed by atoms with E-state index < -0.39 is 17.5 Å². The monoisotopic (exact) mass is 427 g/mol. The Balaban J connectivity index is 1.71. The van der Waals surface area contributed by atoms with E-state index in [0.29, 0.717) is 27.7 Å². The number of anilines is 1. The number of nitrogens with two attached hydrogens (primary N) is 1. The second-order valence-corrected chi connectivity index (χ2v) is 7.16. The van der Waals surface area contributed by atoms with E-state index in [2.05, 4.69) is 15.3 Å². The van der Waals surface area contributed by atoms with Crippen LogP contribution in [-0.2, 0) is 17.8 Å². The predicted molar refractivity (Wildman–Crippen MR) is 110 cm³/mol. The molecule has 4 aromatic rings. The maximum absolute atomic E-state index is 13.5. The van der Waals surface area contributed by atoms with Gasteiger partial charge in [0.05, 0.1) is 17.5 Å². The maximum atomic E-state index is 13.5. The highest BCUT2D eigenvalue weighted by atomic mass is 35.5. The summed E-state index contributed by atoms with van der Waals surface area (Å²) in [6.45, 7) is 0.139. The Morgan fingerprint density at radius 1 is 1.10 bits per heavy atom. The number of pyridine rings is 1. The number of amides is 1. The molecule has 1 amide bonds. The molecule has 0 bridgehead atoms. The molecule has 6 nitrogen and oxygen atoms in total. The van der Waals surface area contributed by atoms with Crippen molar-refractivity contribution in [3.05, 3.63) is 82.8 Å². The summed E-state index contributed by atoms with van der Waals surface area (Å²) < 4.78 is 28.7. The molecule has 4 rings (SSSR count). The van der Waals surface area contributed by atoms with E-state index in [-0.39, 0.29) is 13.0 Å². The molecule has 0 aliphatic carbocycles. The number of benzene rings is 2. The SMILES string of the molecule is NC(=O)Cc1cnc(-n2cnc3ccc(Cl)cc32)cc1NCc1cc(F)cc(F)c1. The fraction of sp³-hybridized carbons (Fsp3) is 0.0952. The number of nitrogens with one attached hydrogen (secondary N) is 1. The average Bonchev–Trinajstić information content (AvgIpc) is 3.09. The van der Waals surface area contributed by atoms with Crippen molar-refractivity contribution in [1.82, 2.24) is 14.5 Å². The second-order valence-electron chi connectivity index (χ2n) is 6.72. The summed E-state index contributed by atoms with van der Waals surface area (Å²) in [5, 5.41) is 3.67. The number of primary amides is 1. The lowest BCUT2D eigenvalue weighted by atomic mass is 10.1. The van der Waals surface area contributed by atoms with Gasteiger partial charge in [-0.3, -0.25) is 9.36 Å². The predicted octanol–water partition coefficient (Wildman–Crippen LogP) is 3.99. The van der Waals surface area contributed by atoms with Gasteiger partial charge >= 0.3 is 0 Å². The van der Waals surface area contributed by atoms with Gasteiger partial charge in [0.1, 0.15) is 23.8 Å². The lowest BCUT2D eigenvalue weighted by Gasteiger charge is -2.14. The summed E-state index contributed by atoms with van der Waals surface area (Å²) in [6.07, 6.45) is 3.11. The Kier molecular flexibility index (Phi) is 5.33. The summed E-state index contributed by atoms with van der Waals surface area (Å²) in [7, 11) is 0. The molecule has 2 heterocycles. The third-order valence-corrected chi connectivity index (χ3v) is 4.73. The number of carbonyl (C=O) groups excluding carboxylic acids is 1. The standard InChI is InChI=1S/C21H16ClF2N5O/c22-14-1-2-17-19(6-14)29(11-28-17)21-8-18(13(10-27-21)5-20(25)30)26-9-12-3-15(23)7-16(24)4-12/h1-4,6-8,10-11H,5,9H2,(H2,25,30)(H,26,27). The van der Waals surface area contributed by atoms with Crippen molar-refractivity contribution in [2.24, 2.45) is 5.73 Å². The summed E-state index contributed by atoms with van der Waals surface area (Å²) >= 11 is 6.11. The molecule has 30 heavy (non-hydrogen) atoms. The van der Waals surface area contributed by atoms with Crippen molar-refractivity contribution >= 4 is 34.2 Å². The molecule has 9 heteroatoms. The molecular formula is C21H16ClF2N5O. The summed E-state index contributed by atoms with van der Waals surface area (Å²) in [5.41, 5.74) is 8.38. The van der Waals surface area contributed by atoms with Crippen LogP contribution in [0.5, 0.6) is 0 Å². The largest absolute Gasteiger partial charge is 0.381 e. The van der Waals surface area contributed by atoms with E-state index in [4.69, 9.17) is 17.3 Å². The number of carbonyl (C=O) groups is 1. The Hall–Kier alpha value is -3.52. The molecule has 3 N–H and O–H groups in total. The van der Waals surface area contributed by atoms with Crippen LogP contribution in [0.25, 0.3) is 16.9 Å². The number of hydrogen-bond acceptors (Lipinski definition) is 4. The zero-order chi connectivity index (χ0) is 21.3. The van der Waals surface area contributed by atoms with Crippen LogP contribution in [0.3, 0.4) is 0 Å². The van der Waals surface area contributed by atoms with Crippen molar-refractivity contribution in [1.29, 1.82) is 0 Å². The first-order valence-electron chi connectivity index (χ1n) is 8.98. The molecular weight excluding hydrogens is 412 g/mol. The highest BCUT2D eigenvalue weighted by molar-refractivity contribution is 6.31. The minimum atomic E-state index is -0.665. The lowest BCUT2D eigenvalue weighted by Crippen LogP contribution is -2.16. The normalized spacial score (nSPS) is 11.0. The van der Waals surface area contributed by atoms with Crippen LogP contribution in [0.4, 0.5) is 14.5 Å². The van der Waals surface area contributed by atoms with Crippen LogP contribution in [-0.4, -0.2) is 20.4 Å². The minimum Gasteiger partial charge on any atom is -0.381 e. The van der Waals surface area contributed by atoms with E-state index in [1.165, 1.54) is 18.3 Å². The smallest absolute Gasteiger partial charge is 0.221 e. The van der Waals surface area contributed by atoms with Crippen molar-refractivity contribution in [3.8, 4) is 5.82 Å². The van der Waals surface area contributed by atoms with Gasteiger partial charge in [0.2, 0.25) is 5.91 Å². The van der Waals surface area contributed by atoms with Gasteiger partial charge in [-0.05, 0) is 35.9 Å². The van der Waals surface area contributed by atoms with Crippen LogP contribution < -0.4 is 11.1 Å². The van der Waals surface area contributed by atoms with E-state index in [9.17, 15) is 13.6 Å². The van der Waals surface area contributed by atoms with Crippen molar-refractivity contribution in [3.63, 3.8) is 0 Å². The maximum Gasteiger partial charge on any atom is 0.221 e. The van der Waals surface area contributed by atoms with Crippen LogP contribution in [0.15, 0.2) is 55.0 Å². The van der Waals surface area contributed by atoms with Gasteiger partial charge in [0.15, 0.2) is 0 Å². The number of rotatable bonds is 6. The first kappa shape index (κ1) is 19.8. The highest BCUT2D eigenvalue weighted by Crippen LogP contribution is 2.25. The van der Waals surface area contributed by atoms with Crippen LogP contribution in [0, 0.1) is 11.6 Å². The summed E-state index contributed by atoms with van der Waals surface area (Å²) in [4.78, 5) is 20.2. The quantitative estimate of drug-likeness (QED) is 0.487. The highest BCUT2D eigenvalue weighted by Gasteiger charge is 2.12. The number of fused-ring (bicyclic) bond motifs is 1. The zero-order valence-electron chi connectivity index (χ0n) is 15.6. The van der Waals surface area contributed by atoms with Crippen LogP contribution >= 0.6 is 11.6 Å². The van der Waals surface area contributed by atoms with E-state index >= 15 is 0 Å². The third kappa shape index (κ3) is 4.23. The molecule has 0 spiro atoms. The van der Waals surface area contributed by atoms with Gasteiger partial charge in [0, 0.05) is 41.1 Å². The number of hydrogen-bond donors (Lipinski definition) is 2. The molecule has 0 radical (unpaired) electrons. The first-order valence-corrected chi connectivity index (χ1v) is 9.36. The fourth-order valence-corrected chi connectivity index (χ4v) is 3.34. The Labute approximate surface area is 175 Å². The fourth-order valence-electron chi connectivity index (χ4n) is 3.17. The third-order valence-electron chi connectivity index (χ3n) is 4.50. The Morgan fingerprint density at radius 2 is 1.87 bits per heavy atom. The molecule has 0 aliphatic rings. The van der Waals surface area contributed by atoms with Gasteiger partial charge in [0.25, 0.3) is 0 Å². The van der Waals surface area contributed by atoms with E-state index in [1.54, 1.807) is 35.2 Å². The summed E-state index contributed by atoms with van der Waals surface area (Å²) in [6, 6.07) is 10.3. The van der Waals surface area contributed by atoms with Gasteiger partial charge < -0.3 is 11.1 Å². The van der Waals surface area contributed by atoms with Crippen LogP contribution in [0.2, 0.25) is 5.02 Å². The van der Waals surface area contributed by atoms with E-state index in [1.807, 2.05) is 0 Å². The average molecular weight is 428 g/mol. The molecule has 0 aliphatic heterocycles. The second kappa shape index (κ2) is 8.08. The molecule has 0 fully saturated rings. The number of halogens is 3. The van der Waals surface area contributed by atoms with Gasteiger partial charge in [-0.2, -0.15) is 0 Å². The molecule has 0 saturated heterocycles. The number of nitrogens with zero attached hydrogens (tertiary/aromatic N) is 3. The van der Waals surface area contributed by atoms with Crippen LogP contribution in [0.1, 0.15) is 11.1 Å². The Morgan fingerprint density at radius 3 is 2.60 bits per heavy atom. The summed E-state index contributed by atoms with van der Waals surface area (Å²) in [5.74, 6) is -1.33. The van der Waals surface area contributed by atoms with E-state index in [0.717, 1.165) is 17.1 Å². The molecule has 0 saturated carbocycles. The molecule has 0 unspecified atom stereocenters. The van der Waals surface area contributed by atoms with Crippen molar-refractivity contribution in [2.45, 2.75) is 13.0 Å². The molecule has 152 valence electrons. The zero-order valence-corrected chi connectivity index (χ0v) is 16.3. The molecule has 0 atom stereocenters. The minimum absolute atomic E-state index is 0.0381. The van der Waals surface area contributed by atoms with Gasteiger partial charge in [-0.15, -0.1) is 0 Å². The van der Waals surface area contributed by atoms with Gasteiger partial charge in [-0.25, -0.2) is 18.7 Å². The van der Waals surface area contributed by atoms with Gasteiger partial charge in [-0.1, -0.05) is 11.6 Å². The first-order chi connectivity index (χ1) is 14.4. The Bertz CT molecular complexity index is 1240. The topological polar surface area (TPSA) is 85.8 Å². The number of aromatic nitrogens is 3. The molecule has 2 aromatic heterocycles. The van der Waals surface area contributed by atoms with Crippen molar-refractivity contribution in [2.75, 3.05) is 5.32 Å². The molecule has 2 aromatic carbocycles. The lowest BCUT2D eigenvalue weighted by molar-refractivity contribution is -0.117. The number of imidazole rings is 1.